The Morgan fingerprint density at radius 1 is 1.23 bits per heavy atom. The van der Waals surface area contributed by atoms with Gasteiger partial charge in [-0.3, -0.25) is 4.79 Å². The molecule has 0 radical (unpaired) electrons. The van der Waals surface area contributed by atoms with Crippen LogP contribution in [0.25, 0.3) is 16.6 Å². The number of hydrogen-bond donors (Lipinski definition) is 2. The molecule has 1 amide bonds. The first-order valence-electron chi connectivity index (χ1n) is 11.2. The summed E-state index contributed by atoms with van der Waals surface area (Å²) in [6, 6.07) is 10.2. The molecule has 1 aliphatic heterocycles. The summed E-state index contributed by atoms with van der Waals surface area (Å²) >= 11 is 5.93. The van der Waals surface area contributed by atoms with Crippen molar-refractivity contribution in [2.75, 3.05) is 31.6 Å². The third kappa shape index (κ3) is 4.84. The number of fused-ring (bicyclic) bond motifs is 1. The van der Waals surface area contributed by atoms with Crippen LogP contribution in [0.3, 0.4) is 0 Å². The smallest absolute Gasteiger partial charge is 0.209 e. The van der Waals surface area contributed by atoms with Crippen molar-refractivity contribution in [1.82, 2.24) is 19.4 Å². The highest BCUT2D eigenvalue weighted by molar-refractivity contribution is 6.31. The SMILES string of the molecule is O=CN1CCOC(c2cn(-c3ccc4ncnc(Nc5ccc(F)c(Cl)c5)c4c3)cc2CCO)C1. The average molecular weight is 496 g/mol. The molecule has 5 rings (SSSR count). The van der Waals surface area contributed by atoms with Crippen molar-refractivity contribution in [1.29, 1.82) is 0 Å². The Hall–Kier alpha value is -3.53. The lowest BCUT2D eigenvalue weighted by atomic mass is 10.0. The molecule has 1 saturated heterocycles. The molecule has 1 atom stereocenters. The second-order valence-corrected chi connectivity index (χ2v) is 8.66. The summed E-state index contributed by atoms with van der Waals surface area (Å²) in [6.45, 7) is 1.49. The first-order valence-corrected chi connectivity index (χ1v) is 11.5. The zero-order valence-electron chi connectivity index (χ0n) is 18.7. The third-order valence-electron chi connectivity index (χ3n) is 6.02. The van der Waals surface area contributed by atoms with Gasteiger partial charge in [0.25, 0.3) is 0 Å². The summed E-state index contributed by atoms with van der Waals surface area (Å²) in [5, 5.41) is 13.6. The predicted molar refractivity (Wildman–Crippen MR) is 131 cm³/mol. The molecule has 1 unspecified atom stereocenters. The van der Waals surface area contributed by atoms with Gasteiger partial charge in [0.2, 0.25) is 6.41 Å². The molecule has 1 fully saturated rings. The number of amides is 1. The molecule has 3 heterocycles. The van der Waals surface area contributed by atoms with Crippen LogP contribution in [0.15, 0.2) is 55.1 Å². The van der Waals surface area contributed by atoms with Crippen molar-refractivity contribution >= 4 is 40.4 Å². The molecule has 0 spiro atoms. The topological polar surface area (TPSA) is 92.5 Å². The van der Waals surface area contributed by atoms with Gasteiger partial charge in [0.05, 0.1) is 23.7 Å². The summed E-state index contributed by atoms with van der Waals surface area (Å²) in [7, 11) is 0. The first kappa shape index (κ1) is 23.2. The Labute approximate surface area is 205 Å². The number of aromatic nitrogens is 3. The van der Waals surface area contributed by atoms with Crippen LogP contribution < -0.4 is 5.32 Å². The van der Waals surface area contributed by atoms with Crippen LogP contribution >= 0.6 is 11.6 Å². The highest BCUT2D eigenvalue weighted by Gasteiger charge is 2.25. The van der Waals surface area contributed by atoms with Crippen molar-refractivity contribution in [2.45, 2.75) is 12.5 Å². The van der Waals surface area contributed by atoms with Crippen LogP contribution in [0.1, 0.15) is 17.2 Å². The average Bonchev–Trinajstić information content (AvgIpc) is 3.30. The number of rotatable bonds is 7. The molecule has 10 heteroatoms. The predicted octanol–water partition coefficient (Wildman–Crippen LogP) is 4.02. The number of carbonyl (C=O) groups excluding carboxylic acids is 1. The van der Waals surface area contributed by atoms with E-state index < -0.39 is 5.82 Å². The molecule has 180 valence electrons. The van der Waals surface area contributed by atoms with Crippen molar-refractivity contribution in [3.63, 3.8) is 0 Å². The number of aliphatic hydroxyl groups excluding tert-OH is 1. The van der Waals surface area contributed by atoms with Crippen molar-refractivity contribution in [3.8, 4) is 5.69 Å². The van der Waals surface area contributed by atoms with E-state index in [-0.39, 0.29) is 17.7 Å². The number of halogens is 2. The molecular formula is C25H23ClFN5O3. The molecule has 0 saturated carbocycles. The zero-order valence-corrected chi connectivity index (χ0v) is 19.5. The molecular weight excluding hydrogens is 473 g/mol. The summed E-state index contributed by atoms with van der Waals surface area (Å²) in [5.41, 5.74) is 4.09. The van der Waals surface area contributed by atoms with Gasteiger partial charge < -0.3 is 24.6 Å². The van der Waals surface area contributed by atoms with Gasteiger partial charge in [0.15, 0.2) is 0 Å². The van der Waals surface area contributed by atoms with E-state index in [2.05, 4.69) is 15.3 Å². The van der Waals surface area contributed by atoms with Crippen LogP contribution in [0, 0.1) is 5.82 Å². The standard InChI is InChI=1S/C25H23ClFN5O3/c26-21-9-17(1-3-22(21)27)30-25-19-10-18(2-4-23(19)28-14-29-25)32-11-16(5-7-33)20(12-32)24-13-31(15-34)6-8-35-24/h1-4,9-12,14-15,24,33H,5-8,13H2,(H,28,29,30). The van der Waals surface area contributed by atoms with E-state index >= 15 is 0 Å². The van der Waals surface area contributed by atoms with Gasteiger partial charge in [-0.05, 0) is 48.4 Å². The van der Waals surface area contributed by atoms with E-state index in [9.17, 15) is 14.3 Å². The van der Waals surface area contributed by atoms with Gasteiger partial charge in [-0.1, -0.05) is 11.6 Å². The number of benzene rings is 2. The number of ether oxygens (including phenoxy) is 1. The van der Waals surface area contributed by atoms with E-state index in [1.54, 1.807) is 11.0 Å². The minimum atomic E-state index is -0.493. The van der Waals surface area contributed by atoms with Crippen LogP contribution in [-0.2, 0) is 16.0 Å². The third-order valence-corrected chi connectivity index (χ3v) is 6.31. The maximum absolute atomic E-state index is 13.6. The Morgan fingerprint density at radius 3 is 2.91 bits per heavy atom. The van der Waals surface area contributed by atoms with E-state index in [4.69, 9.17) is 16.3 Å². The highest BCUT2D eigenvalue weighted by atomic mass is 35.5. The van der Waals surface area contributed by atoms with E-state index in [1.807, 2.05) is 35.2 Å². The molecule has 0 bridgehead atoms. The van der Waals surface area contributed by atoms with Crippen molar-refractivity contribution < 1.29 is 19.0 Å². The summed E-state index contributed by atoms with van der Waals surface area (Å²) in [6.07, 6.45) is 6.44. The Bertz CT molecular complexity index is 1380. The second kappa shape index (κ2) is 9.99. The van der Waals surface area contributed by atoms with Gasteiger partial charge in [-0.25, -0.2) is 14.4 Å². The van der Waals surface area contributed by atoms with Gasteiger partial charge in [-0.15, -0.1) is 0 Å². The number of morpholine rings is 1. The molecule has 8 nitrogen and oxygen atoms in total. The summed E-state index contributed by atoms with van der Waals surface area (Å²) in [4.78, 5) is 21.7. The van der Waals surface area contributed by atoms with E-state index in [0.717, 1.165) is 34.1 Å². The number of aliphatic hydroxyl groups is 1. The van der Waals surface area contributed by atoms with Gasteiger partial charge in [0.1, 0.15) is 24.1 Å². The molecule has 0 aliphatic carbocycles. The van der Waals surface area contributed by atoms with Crippen molar-refractivity contribution in [3.05, 3.63) is 77.1 Å². The fourth-order valence-electron chi connectivity index (χ4n) is 4.25. The number of hydrogen-bond acceptors (Lipinski definition) is 6. The monoisotopic (exact) mass is 495 g/mol. The molecule has 35 heavy (non-hydrogen) atoms. The number of nitrogens with zero attached hydrogens (tertiary/aromatic N) is 4. The van der Waals surface area contributed by atoms with E-state index in [0.29, 0.717) is 37.6 Å². The quantitative estimate of drug-likeness (QED) is 0.376. The lowest BCUT2D eigenvalue weighted by Crippen LogP contribution is -2.37. The maximum Gasteiger partial charge on any atom is 0.209 e. The minimum Gasteiger partial charge on any atom is -0.396 e. The van der Waals surface area contributed by atoms with Crippen LogP contribution in [0.5, 0.6) is 0 Å². The normalized spacial score (nSPS) is 16.0. The van der Waals surface area contributed by atoms with Gasteiger partial charge in [-0.2, -0.15) is 0 Å². The maximum atomic E-state index is 13.6. The summed E-state index contributed by atoms with van der Waals surface area (Å²) in [5.74, 6) is 0.0621. The van der Waals surface area contributed by atoms with Crippen LogP contribution in [0.2, 0.25) is 5.02 Å². The largest absolute Gasteiger partial charge is 0.396 e. The lowest BCUT2D eigenvalue weighted by Gasteiger charge is -2.30. The fourth-order valence-corrected chi connectivity index (χ4v) is 4.43. The Kier molecular flexibility index (Phi) is 6.63. The minimum absolute atomic E-state index is 0.000978. The van der Waals surface area contributed by atoms with Gasteiger partial charge in [0, 0.05) is 47.9 Å². The molecule has 2 N–H and O–H groups in total. The summed E-state index contributed by atoms with van der Waals surface area (Å²) < 4.78 is 21.5. The fraction of sp³-hybridized carbons (Fsp3) is 0.240. The Morgan fingerprint density at radius 2 is 2.11 bits per heavy atom. The number of carbonyl (C=O) groups is 1. The number of nitrogens with one attached hydrogen (secondary N) is 1. The second-order valence-electron chi connectivity index (χ2n) is 8.26. The lowest BCUT2D eigenvalue weighted by molar-refractivity contribution is -0.125. The first-order chi connectivity index (χ1) is 17.1. The van der Waals surface area contributed by atoms with Crippen LogP contribution in [-0.4, -0.2) is 57.3 Å². The molecule has 2 aromatic carbocycles. The van der Waals surface area contributed by atoms with Gasteiger partial charge >= 0.3 is 0 Å². The van der Waals surface area contributed by atoms with Crippen LogP contribution in [0.4, 0.5) is 15.9 Å². The molecule has 4 aromatic rings. The van der Waals surface area contributed by atoms with Crippen molar-refractivity contribution in [2.24, 2.45) is 0 Å². The molecule has 2 aromatic heterocycles. The number of anilines is 2. The van der Waals surface area contributed by atoms with E-state index in [1.165, 1.54) is 18.5 Å². The Balaban J connectivity index is 1.51. The highest BCUT2D eigenvalue weighted by Crippen LogP contribution is 2.31. The molecule has 1 aliphatic rings. The zero-order chi connectivity index (χ0) is 24.4.